The highest BCUT2D eigenvalue weighted by molar-refractivity contribution is 5.48. The van der Waals surface area contributed by atoms with Gasteiger partial charge in [0.1, 0.15) is 35.8 Å². The molecule has 1 heterocycles. The molecule has 0 saturated heterocycles. The van der Waals surface area contributed by atoms with Crippen LogP contribution in [0.15, 0.2) is 36.2 Å². The molecule has 9 heteroatoms. The number of aliphatic hydroxyl groups is 1. The summed E-state index contributed by atoms with van der Waals surface area (Å²) in [7, 11) is 0. The minimum atomic E-state index is -0.993. The average molecular weight is 406 g/mol. The second-order valence-corrected chi connectivity index (χ2v) is 7.39. The van der Waals surface area contributed by atoms with Crippen molar-refractivity contribution in [3.63, 3.8) is 0 Å². The number of carbonyl (C=O) groups excluding carboxylic acids is 1. The molecule has 0 bridgehead atoms. The first kappa shape index (κ1) is 22.4. The van der Waals surface area contributed by atoms with Crippen molar-refractivity contribution in [2.45, 2.75) is 51.5 Å². The fourth-order valence-corrected chi connectivity index (χ4v) is 2.93. The van der Waals surface area contributed by atoms with Crippen LogP contribution in [0.25, 0.3) is 0 Å². The lowest BCUT2D eigenvalue weighted by molar-refractivity contribution is -0.385. The van der Waals surface area contributed by atoms with Crippen LogP contribution < -0.4 is 10.1 Å². The van der Waals surface area contributed by atoms with E-state index in [4.69, 9.17) is 14.2 Å². The Morgan fingerprint density at radius 2 is 2.21 bits per heavy atom. The van der Waals surface area contributed by atoms with Crippen LogP contribution in [0.2, 0.25) is 0 Å². The van der Waals surface area contributed by atoms with Crippen molar-refractivity contribution in [1.29, 1.82) is 0 Å². The maximum atomic E-state index is 11.2. The monoisotopic (exact) mass is 406 g/mol. The highest BCUT2D eigenvalue weighted by atomic mass is 16.6. The van der Waals surface area contributed by atoms with Crippen molar-refractivity contribution in [3.8, 4) is 5.75 Å². The summed E-state index contributed by atoms with van der Waals surface area (Å²) in [6, 6.07) is 3.60. The number of nitrogens with zero attached hydrogens (tertiary/aromatic N) is 1. The molecule has 0 fully saturated rings. The van der Waals surface area contributed by atoms with Gasteiger partial charge in [0.15, 0.2) is 0 Å². The summed E-state index contributed by atoms with van der Waals surface area (Å²) in [5.74, 6) is 2.53. The van der Waals surface area contributed by atoms with Gasteiger partial charge in [0.2, 0.25) is 0 Å². The smallest absolute Gasteiger partial charge is 0.270 e. The SMILES string of the molecule is CC(C)O/C(=C/N[C@H]1c2cc([N+](=O)[O-])ccc2OC(C)(C)[C@@H]1O)COCC=C=O. The standard InChI is InChI=1S/C20H26N2O7/c1-13(2)28-15(12-27-9-5-8-23)11-21-18-16-10-14(22(25)26)6-7-17(16)29-20(3,4)19(18)24/h5-7,10-11,13,18-19,21,24H,9,12H2,1-4H3/b15-11+/t18-,19+/m0/s1. The Kier molecular flexibility index (Phi) is 7.39. The first-order valence-electron chi connectivity index (χ1n) is 9.20. The van der Waals surface area contributed by atoms with Gasteiger partial charge < -0.3 is 24.6 Å². The number of ether oxygens (including phenoxy) is 3. The molecule has 29 heavy (non-hydrogen) atoms. The zero-order valence-electron chi connectivity index (χ0n) is 16.9. The molecule has 1 aliphatic rings. The molecule has 0 radical (unpaired) electrons. The summed E-state index contributed by atoms with van der Waals surface area (Å²) in [5, 5.41) is 25.1. The van der Waals surface area contributed by atoms with Crippen molar-refractivity contribution < 1.29 is 29.0 Å². The second kappa shape index (κ2) is 9.56. The Labute approximate surface area is 169 Å². The first-order chi connectivity index (χ1) is 13.7. The number of fused-ring (bicyclic) bond motifs is 1. The fraction of sp³-hybridized carbons (Fsp3) is 0.500. The van der Waals surface area contributed by atoms with E-state index < -0.39 is 22.7 Å². The maximum Gasteiger partial charge on any atom is 0.270 e. The minimum Gasteiger partial charge on any atom is -0.491 e. The molecule has 1 aliphatic heterocycles. The lowest BCUT2D eigenvalue weighted by Gasteiger charge is -2.42. The maximum absolute atomic E-state index is 11.2. The predicted molar refractivity (Wildman–Crippen MR) is 105 cm³/mol. The van der Waals surface area contributed by atoms with Gasteiger partial charge in [-0.05, 0) is 33.8 Å². The van der Waals surface area contributed by atoms with Crippen LogP contribution in [0.5, 0.6) is 5.75 Å². The number of hydrogen-bond acceptors (Lipinski definition) is 8. The Hall–Kier alpha value is -2.87. The third-order valence-electron chi connectivity index (χ3n) is 4.28. The van der Waals surface area contributed by atoms with Gasteiger partial charge in [-0.1, -0.05) is 0 Å². The normalized spacial score (nSPS) is 20.3. The van der Waals surface area contributed by atoms with E-state index in [9.17, 15) is 20.0 Å². The Bertz CT molecular complexity index is 813. The molecule has 0 unspecified atom stereocenters. The molecule has 9 nitrogen and oxygen atoms in total. The number of non-ortho nitro benzene ring substituents is 1. The van der Waals surface area contributed by atoms with Crippen LogP contribution >= 0.6 is 0 Å². The van der Waals surface area contributed by atoms with Gasteiger partial charge in [0.05, 0.1) is 23.7 Å². The first-order valence-corrected chi connectivity index (χ1v) is 9.20. The van der Waals surface area contributed by atoms with Crippen LogP contribution in [0.4, 0.5) is 5.69 Å². The topological polar surface area (TPSA) is 120 Å². The lowest BCUT2D eigenvalue weighted by atomic mass is 9.86. The molecular weight excluding hydrogens is 380 g/mol. The number of rotatable bonds is 9. The van der Waals surface area contributed by atoms with Crippen molar-refractivity contribution in [2.75, 3.05) is 13.2 Å². The summed E-state index contributed by atoms with van der Waals surface area (Å²) in [4.78, 5) is 20.9. The predicted octanol–water partition coefficient (Wildman–Crippen LogP) is 2.43. The van der Waals surface area contributed by atoms with Crippen molar-refractivity contribution >= 4 is 11.6 Å². The number of nitrogens with one attached hydrogen (secondary N) is 1. The largest absolute Gasteiger partial charge is 0.491 e. The quantitative estimate of drug-likeness (QED) is 0.211. The van der Waals surface area contributed by atoms with Gasteiger partial charge in [0, 0.05) is 30.0 Å². The summed E-state index contributed by atoms with van der Waals surface area (Å²) >= 11 is 0. The van der Waals surface area contributed by atoms with Gasteiger partial charge in [-0.3, -0.25) is 10.1 Å². The van der Waals surface area contributed by atoms with Gasteiger partial charge in [0.25, 0.3) is 5.69 Å². The van der Waals surface area contributed by atoms with Crippen LogP contribution in [0.3, 0.4) is 0 Å². The van der Waals surface area contributed by atoms with Gasteiger partial charge >= 0.3 is 0 Å². The molecule has 1 aromatic rings. The zero-order chi connectivity index (χ0) is 21.6. The van der Waals surface area contributed by atoms with Crippen LogP contribution in [0, 0.1) is 10.1 Å². The Morgan fingerprint density at radius 1 is 1.48 bits per heavy atom. The van der Waals surface area contributed by atoms with E-state index in [1.807, 2.05) is 13.8 Å². The molecule has 0 amide bonds. The molecule has 158 valence electrons. The highest BCUT2D eigenvalue weighted by Gasteiger charge is 2.43. The van der Waals surface area contributed by atoms with Crippen LogP contribution in [-0.2, 0) is 14.3 Å². The van der Waals surface area contributed by atoms with Crippen molar-refractivity contribution in [3.05, 3.63) is 51.9 Å². The van der Waals surface area contributed by atoms with Crippen molar-refractivity contribution in [1.82, 2.24) is 5.32 Å². The summed E-state index contributed by atoms with van der Waals surface area (Å²) in [5.41, 5.74) is -0.549. The minimum absolute atomic E-state index is 0.0875. The van der Waals surface area contributed by atoms with E-state index in [2.05, 4.69) is 5.32 Å². The number of nitro benzene ring substituents is 1. The van der Waals surface area contributed by atoms with Gasteiger partial charge in [-0.25, -0.2) is 4.79 Å². The Morgan fingerprint density at radius 3 is 2.83 bits per heavy atom. The molecule has 0 aliphatic carbocycles. The van der Waals surface area contributed by atoms with E-state index >= 15 is 0 Å². The average Bonchev–Trinajstić information content (AvgIpc) is 2.64. The van der Waals surface area contributed by atoms with E-state index in [-0.39, 0.29) is 25.0 Å². The van der Waals surface area contributed by atoms with E-state index in [0.29, 0.717) is 17.1 Å². The molecule has 1 aromatic carbocycles. The molecular formula is C20H26N2O7. The highest BCUT2D eigenvalue weighted by Crippen LogP contribution is 2.41. The molecule has 0 saturated carbocycles. The Balaban J connectivity index is 2.31. The summed E-state index contributed by atoms with van der Waals surface area (Å²) < 4.78 is 16.9. The summed E-state index contributed by atoms with van der Waals surface area (Å²) in [6.45, 7) is 7.36. The molecule has 0 spiro atoms. The third-order valence-corrected chi connectivity index (χ3v) is 4.28. The van der Waals surface area contributed by atoms with Crippen LogP contribution in [0.1, 0.15) is 39.3 Å². The zero-order valence-corrected chi connectivity index (χ0v) is 16.9. The lowest BCUT2D eigenvalue weighted by Crippen LogP contribution is -2.51. The van der Waals surface area contributed by atoms with Crippen LogP contribution in [-0.4, -0.2) is 47.0 Å². The molecule has 2 N–H and O–H groups in total. The summed E-state index contributed by atoms with van der Waals surface area (Å²) in [6.07, 6.45) is 1.65. The number of aliphatic hydroxyl groups excluding tert-OH is 1. The molecule has 2 rings (SSSR count). The van der Waals surface area contributed by atoms with Crippen molar-refractivity contribution in [2.24, 2.45) is 0 Å². The molecule has 2 atom stereocenters. The fourth-order valence-electron chi connectivity index (χ4n) is 2.93. The van der Waals surface area contributed by atoms with E-state index in [0.717, 1.165) is 0 Å². The van der Waals surface area contributed by atoms with Gasteiger partial charge in [-0.15, -0.1) is 0 Å². The van der Waals surface area contributed by atoms with E-state index in [1.165, 1.54) is 24.3 Å². The van der Waals surface area contributed by atoms with E-state index in [1.54, 1.807) is 26.0 Å². The number of hydrogen-bond donors (Lipinski definition) is 2. The number of nitro groups is 1. The second-order valence-electron chi connectivity index (χ2n) is 7.39. The van der Waals surface area contributed by atoms with Gasteiger partial charge in [-0.2, -0.15) is 0 Å². The third kappa shape index (κ3) is 5.80. The molecule has 0 aromatic heterocycles. The number of benzene rings is 1.